The standard InChI is InChI=1S/C31H34ClNO3S/c1-29-15-21-16-30(2,18-29)20-31(17-21,19-29)22-8-13-27(25(32)14-22)36-24-11-9-23(10-12-24)33-26-6-4-5-7-28(26)37(3,34)35/h4-14,21,33H,15-20H2,1-3H3. The van der Waals surface area contributed by atoms with Gasteiger partial charge < -0.3 is 10.1 Å². The first-order chi connectivity index (χ1) is 17.4. The van der Waals surface area contributed by atoms with Crippen LogP contribution in [0.25, 0.3) is 0 Å². The lowest BCUT2D eigenvalue weighted by atomic mass is 9.39. The molecule has 3 aromatic carbocycles. The van der Waals surface area contributed by atoms with Gasteiger partial charge in [0.05, 0.1) is 15.6 Å². The molecule has 7 rings (SSSR count). The molecule has 2 unspecified atom stereocenters. The van der Waals surface area contributed by atoms with E-state index in [2.05, 4.69) is 31.3 Å². The first-order valence-electron chi connectivity index (χ1n) is 13.1. The van der Waals surface area contributed by atoms with Gasteiger partial charge in [0.2, 0.25) is 0 Å². The number of hydrogen-bond donors (Lipinski definition) is 1. The van der Waals surface area contributed by atoms with Crippen molar-refractivity contribution in [1.82, 2.24) is 0 Å². The minimum absolute atomic E-state index is 0.237. The lowest BCUT2D eigenvalue weighted by Crippen LogP contribution is -2.56. The fraction of sp³-hybridized carbons (Fsp3) is 0.419. The highest BCUT2D eigenvalue weighted by atomic mass is 35.5. The number of anilines is 2. The van der Waals surface area contributed by atoms with E-state index in [0.717, 1.165) is 11.6 Å². The summed E-state index contributed by atoms with van der Waals surface area (Å²) in [4.78, 5) is 0.268. The van der Waals surface area contributed by atoms with E-state index in [1.54, 1.807) is 18.2 Å². The Labute approximate surface area is 225 Å². The predicted octanol–water partition coefficient (Wildman–Crippen LogP) is 8.53. The van der Waals surface area contributed by atoms with Crippen molar-refractivity contribution in [2.24, 2.45) is 16.7 Å². The third kappa shape index (κ3) is 4.66. The zero-order chi connectivity index (χ0) is 26.1. The first-order valence-corrected chi connectivity index (χ1v) is 15.4. The number of ether oxygens (including phenoxy) is 1. The van der Waals surface area contributed by atoms with Crippen LogP contribution >= 0.6 is 11.6 Å². The molecule has 194 valence electrons. The van der Waals surface area contributed by atoms with Crippen molar-refractivity contribution in [2.45, 2.75) is 62.7 Å². The van der Waals surface area contributed by atoms with Gasteiger partial charge in [0.25, 0.3) is 0 Å². The van der Waals surface area contributed by atoms with E-state index < -0.39 is 9.84 Å². The second-order valence-electron chi connectivity index (χ2n) is 12.6. The summed E-state index contributed by atoms with van der Waals surface area (Å²) in [6.45, 7) is 5.00. The molecule has 0 radical (unpaired) electrons. The van der Waals surface area contributed by atoms with Crippen LogP contribution in [-0.2, 0) is 15.3 Å². The van der Waals surface area contributed by atoms with Crippen LogP contribution in [0.5, 0.6) is 11.5 Å². The number of halogens is 1. The van der Waals surface area contributed by atoms with E-state index in [0.29, 0.717) is 33.0 Å². The van der Waals surface area contributed by atoms with Gasteiger partial charge in [-0.25, -0.2) is 8.42 Å². The van der Waals surface area contributed by atoms with Crippen molar-refractivity contribution in [2.75, 3.05) is 11.6 Å². The molecule has 4 saturated carbocycles. The van der Waals surface area contributed by atoms with E-state index in [-0.39, 0.29) is 10.3 Å². The Balaban J connectivity index is 1.19. The Hall–Kier alpha value is -2.50. The van der Waals surface area contributed by atoms with Crippen molar-refractivity contribution in [3.05, 3.63) is 77.3 Å². The highest BCUT2D eigenvalue weighted by molar-refractivity contribution is 7.90. The molecule has 4 aliphatic carbocycles. The Morgan fingerprint density at radius 3 is 2.19 bits per heavy atom. The van der Waals surface area contributed by atoms with Crippen LogP contribution < -0.4 is 10.1 Å². The van der Waals surface area contributed by atoms with Gasteiger partial charge in [-0.15, -0.1) is 0 Å². The molecule has 1 N–H and O–H groups in total. The maximum Gasteiger partial charge on any atom is 0.177 e. The van der Waals surface area contributed by atoms with Crippen LogP contribution in [0, 0.1) is 16.7 Å². The number of para-hydroxylation sites is 1. The number of nitrogens with one attached hydrogen (secondary N) is 1. The lowest BCUT2D eigenvalue weighted by Gasteiger charge is -2.65. The number of rotatable bonds is 6. The Bertz CT molecular complexity index is 1450. The smallest absolute Gasteiger partial charge is 0.177 e. The van der Waals surface area contributed by atoms with Gasteiger partial charge in [-0.1, -0.05) is 43.6 Å². The average molecular weight is 536 g/mol. The van der Waals surface area contributed by atoms with E-state index >= 15 is 0 Å². The van der Waals surface area contributed by atoms with Crippen LogP contribution in [-0.4, -0.2) is 14.7 Å². The van der Waals surface area contributed by atoms with Gasteiger partial charge in [0.15, 0.2) is 9.84 Å². The van der Waals surface area contributed by atoms with Gasteiger partial charge in [0, 0.05) is 11.9 Å². The Morgan fingerprint density at radius 2 is 1.57 bits per heavy atom. The molecule has 4 nitrogen and oxygen atoms in total. The minimum Gasteiger partial charge on any atom is -0.456 e. The third-order valence-corrected chi connectivity index (χ3v) is 10.3. The van der Waals surface area contributed by atoms with Crippen LogP contribution in [0.1, 0.15) is 57.9 Å². The molecule has 0 aliphatic heterocycles. The second kappa shape index (κ2) is 8.51. The van der Waals surface area contributed by atoms with Gasteiger partial charge >= 0.3 is 0 Å². The molecule has 4 bridgehead atoms. The van der Waals surface area contributed by atoms with E-state index in [9.17, 15) is 8.42 Å². The highest BCUT2D eigenvalue weighted by Gasteiger charge is 2.60. The molecule has 4 fully saturated rings. The normalized spacial score (nSPS) is 30.3. The molecule has 0 saturated heterocycles. The Kier molecular flexibility index (Phi) is 5.70. The van der Waals surface area contributed by atoms with Gasteiger partial charge in [-0.05, 0) is 115 Å². The summed E-state index contributed by atoms with van der Waals surface area (Å²) in [7, 11) is -3.33. The molecule has 0 heterocycles. The van der Waals surface area contributed by atoms with Gasteiger partial charge in [-0.2, -0.15) is 0 Å². The zero-order valence-corrected chi connectivity index (χ0v) is 23.3. The maximum absolute atomic E-state index is 12.1. The summed E-state index contributed by atoms with van der Waals surface area (Å²) < 4.78 is 30.3. The molecule has 2 atom stereocenters. The molecular weight excluding hydrogens is 502 g/mol. The fourth-order valence-electron chi connectivity index (χ4n) is 8.47. The molecule has 37 heavy (non-hydrogen) atoms. The van der Waals surface area contributed by atoms with Crippen molar-refractivity contribution in [3.8, 4) is 11.5 Å². The predicted molar refractivity (Wildman–Crippen MR) is 150 cm³/mol. The van der Waals surface area contributed by atoms with Gasteiger partial charge in [-0.3, -0.25) is 0 Å². The molecule has 4 aliphatic rings. The summed E-state index contributed by atoms with van der Waals surface area (Å²) in [5.41, 5.74) is 3.83. The summed E-state index contributed by atoms with van der Waals surface area (Å²) in [5, 5.41) is 3.84. The van der Waals surface area contributed by atoms with Crippen molar-refractivity contribution < 1.29 is 13.2 Å². The van der Waals surface area contributed by atoms with Gasteiger partial charge in [0.1, 0.15) is 11.5 Å². The largest absolute Gasteiger partial charge is 0.456 e. The van der Waals surface area contributed by atoms with E-state index in [1.165, 1.54) is 50.3 Å². The van der Waals surface area contributed by atoms with Crippen molar-refractivity contribution in [1.29, 1.82) is 0 Å². The highest BCUT2D eigenvalue weighted by Crippen LogP contribution is 2.70. The second-order valence-corrected chi connectivity index (χ2v) is 15.0. The number of benzene rings is 3. The molecule has 0 spiro atoms. The van der Waals surface area contributed by atoms with Crippen LogP contribution in [0.4, 0.5) is 11.4 Å². The van der Waals surface area contributed by atoms with E-state index in [4.69, 9.17) is 16.3 Å². The van der Waals surface area contributed by atoms with Crippen LogP contribution in [0.2, 0.25) is 5.02 Å². The molecule has 0 aromatic heterocycles. The topological polar surface area (TPSA) is 55.4 Å². The van der Waals surface area contributed by atoms with Crippen molar-refractivity contribution >= 4 is 32.8 Å². The third-order valence-electron chi connectivity index (χ3n) is 8.82. The number of hydrogen-bond acceptors (Lipinski definition) is 4. The Morgan fingerprint density at radius 1 is 0.892 bits per heavy atom. The summed E-state index contributed by atoms with van der Waals surface area (Å²) in [5.74, 6) is 2.15. The maximum atomic E-state index is 12.1. The van der Waals surface area contributed by atoms with Crippen LogP contribution in [0.15, 0.2) is 71.6 Å². The summed E-state index contributed by atoms with van der Waals surface area (Å²) in [6.07, 6.45) is 9.14. The molecule has 3 aromatic rings. The minimum atomic E-state index is -3.33. The quantitative estimate of drug-likeness (QED) is 0.343. The molecule has 0 amide bonds. The van der Waals surface area contributed by atoms with Crippen molar-refractivity contribution in [3.63, 3.8) is 0 Å². The van der Waals surface area contributed by atoms with E-state index in [1.807, 2.05) is 36.4 Å². The average Bonchev–Trinajstić information content (AvgIpc) is 2.79. The summed E-state index contributed by atoms with van der Waals surface area (Å²) >= 11 is 6.79. The molecule has 6 heteroatoms. The van der Waals surface area contributed by atoms with Crippen LogP contribution in [0.3, 0.4) is 0 Å². The summed E-state index contributed by atoms with van der Waals surface area (Å²) in [6, 6.07) is 20.7. The zero-order valence-electron chi connectivity index (χ0n) is 21.7. The lowest BCUT2D eigenvalue weighted by molar-refractivity contribution is -0.110. The SMILES string of the molecule is CC12CC3CC(C)(C1)CC(c1ccc(Oc4ccc(Nc5ccccc5S(C)(=O)=O)cc4)c(Cl)c1)(C3)C2. The first kappa shape index (κ1) is 24.8. The fourth-order valence-corrected chi connectivity index (χ4v) is 9.53. The monoisotopic (exact) mass is 535 g/mol. The molecular formula is C31H34ClNO3S. The number of sulfone groups is 1.